The zero-order valence-electron chi connectivity index (χ0n) is 11.7. The van der Waals surface area contributed by atoms with Crippen molar-refractivity contribution in [1.29, 1.82) is 0 Å². The minimum atomic E-state index is -0.976. The smallest absolute Gasteiger partial charge is 0.383 e. The summed E-state index contributed by atoms with van der Waals surface area (Å²) in [5, 5.41) is 18.9. The number of benzene rings is 1. The van der Waals surface area contributed by atoms with E-state index in [2.05, 4.69) is 0 Å². The van der Waals surface area contributed by atoms with Crippen LogP contribution in [0.3, 0.4) is 0 Å². The predicted octanol–water partition coefficient (Wildman–Crippen LogP) is 2.26. The summed E-state index contributed by atoms with van der Waals surface area (Å²) < 4.78 is 15.3. The molecule has 116 valence electrons. The van der Waals surface area contributed by atoms with Gasteiger partial charge in [0.05, 0.1) is 24.7 Å². The number of fused-ring (bicyclic) bond motifs is 1. The Labute approximate surface area is 125 Å². The standard InChI is InChI=1S/C15H14O7/c1-2-6-21-14-13(18)10-4-3-9(20-7-5-12(16)17)8-11(10)22-15(14)19/h2-4,6,8,18H,5,7H2,1H3,(H,16,17)/b6-2-. The van der Waals surface area contributed by atoms with E-state index >= 15 is 0 Å². The monoisotopic (exact) mass is 306 g/mol. The van der Waals surface area contributed by atoms with Gasteiger partial charge < -0.3 is 24.1 Å². The average Bonchev–Trinajstić information content (AvgIpc) is 2.46. The second-order valence-corrected chi connectivity index (χ2v) is 4.30. The summed E-state index contributed by atoms with van der Waals surface area (Å²) in [6.07, 6.45) is 2.66. The molecule has 0 fully saturated rings. The van der Waals surface area contributed by atoms with Crippen LogP contribution in [0.15, 0.2) is 39.7 Å². The van der Waals surface area contributed by atoms with Crippen LogP contribution in [-0.4, -0.2) is 22.8 Å². The summed E-state index contributed by atoms with van der Waals surface area (Å²) in [5.41, 5.74) is -0.714. The molecule has 0 aliphatic carbocycles. The van der Waals surface area contributed by atoms with Crippen LogP contribution in [0.5, 0.6) is 17.2 Å². The van der Waals surface area contributed by atoms with Crippen LogP contribution in [0.4, 0.5) is 0 Å². The largest absolute Gasteiger partial charge is 0.504 e. The number of rotatable bonds is 6. The van der Waals surface area contributed by atoms with Gasteiger partial charge in [0.1, 0.15) is 11.3 Å². The van der Waals surface area contributed by atoms with Gasteiger partial charge in [0.15, 0.2) is 5.75 Å². The molecule has 0 spiro atoms. The number of allylic oxidation sites excluding steroid dienone is 1. The highest BCUT2D eigenvalue weighted by molar-refractivity contribution is 5.86. The molecule has 1 aromatic heterocycles. The molecule has 0 radical (unpaired) electrons. The van der Waals surface area contributed by atoms with Crippen LogP contribution in [0.1, 0.15) is 13.3 Å². The first-order valence-corrected chi connectivity index (χ1v) is 6.45. The van der Waals surface area contributed by atoms with Gasteiger partial charge >= 0.3 is 11.6 Å². The van der Waals surface area contributed by atoms with E-state index in [0.717, 1.165) is 0 Å². The number of aromatic hydroxyl groups is 1. The van der Waals surface area contributed by atoms with Crippen LogP contribution in [0, 0.1) is 0 Å². The highest BCUT2D eigenvalue weighted by Gasteiger charge is 2.15. The molecule has 1 aromatic carbocycles. The zero-order chi connectivity index (χ0) is 16.1. The first kappa shape index (κ1) is 15.4. The van der Waals surface area contributed by atoms with Crippen molar-refractivity contribution in [2.45, 2.75) is 13.3 Å². The van der Waals surface area contributed by atoms with E-state index < -0.39 is 11.6 Å². The number of ether oxygens (including phenoxy) is 2. The number of carboxylic acid groups (broad SMARTS) is 1. The van der Waals surface area contributed by atoms with Crippen molar-refractivity contribution in [2.75, 3.05) is 6.61 Å². The minimum absolute atomic E-state index is 0.0143. The average molecular weight is 306 g/mol. The molecule has 7 nitrogen and oxygen atoms in total. The second-order valence-electron chi connectivity index (χ2n) is 4.30. The molecule has 0 saturated heterocycles. The second kappa shape index (κ2) is 6.66. The summed E-state index contributed by atoms with van der Waals surface area (Å²) in [5.74, 6) is -1.28. The number of aliphatic carboxylic acids is 1. The van der Waals surface area contributed by atoms with Crippen molar-refractivity contribution >= 4 is 16.9 Å². The van der Waals surface area contributed by atoms with E-state index in [4.69, 9.17) is 19.0 Å². The Morgan fingerprint density at radius 2 is 2.18 bits per heavy atom. The van der Waals surface area contributed by atoms with Crippen molar-refractivity contribution < 1.29 is 28.9 Å². The van der Waals surface area contributed by atoms with Gasteiger partial charge in [0.25, 0.3) is 5.75 Å². The molecule has 1 heterocycles. The van der Waals surface area contributed by atoms with Crippen molar-refractivity contribution in [2.24, 2.45) is 0 Å². The summed E-state index contributed by atoms with van der Waals surface area (Å²) in [6, 6.07) is 4.42. The summed E-state index contributed by atoms with van der Waals surface area (Å²) in [6.45, 7) is 1.68. The summed E-state index contributed by atoms with van der Waals surface area (Å²) in [7, 11) is 0. The van der Waals surface area contributed by atoms with E-state index in [9.17, 15) is 14.7 Å². The van der Waals surface area contributed by atoms with Crippen LogP contribution in [0.2, 0.25) is 0 Å². The van der Waals surface area contributed by atoms with Gasteiger partial charge in [-0.05, 0) is 19.1 Å². The van der Waals surface area contributed by atoms with Gasteiger partial charge in [-0.15, -0.1) is 0 Å². The molecule has 0 aliphatic rings. The fourth-order valence-electron chi connectivity index (χ4n) is 1.73. The maximum atomic E-state index is 11.8. The normalized spacial score (nSPS) is 11.0. The minimum Gasteiger partial charge on any atom is -0.504 e. The molecule has 22 heavy (non-hydrogen) atoms. The number of hydrogen-bond acceptors (Lipinski definition) is 6. The molecule has 0 atom stereocenters. The summed E-state index contributed by atoms with van der Waals surface area (Å²) in [4.78, 5) is 22.2. The molecule has 0 aliphatic heterocycles. The third-order valence-electron chi connectivity index (χ3n) is 2.72. The zero-order valence-corrected chi connectivity index (χ0v) is 11.7. The van der Waals surface area contributed by atoms with Gasteiger partial charge in [-0.3, -0.25) is 4.79 Å². The molecule has 2 N–H and O–H groups in total. The van der Waals surface area contributed by atoms with Gasteiger partial charge in [0.2, 0.25) is 0 Å². The Morgan fingerprint density at radius 3 is 2.86 bits per heavy atom. The molecule has 0 amide bonds. The number of carboxylic acids is 1. The van der Waals surface area contributed by atoms with Crippen molar-refractivity contribution in [3.8, 4) is 17.2 Å². The number of carbonyl (C=O) groups is 1. The first-order chi connectivity index (χ1) is 10.5. The van der Waals surface area contributed by atoms with E-state index in [1.54, 1.807) is 13.0 Å². The van der Waals surface area contributed by atoms with E-state index in [-0.39, 0.29) is 35.5 Å². The third kappa shape index (κ3) is 3.38. The maximum Gasteiger partial charge on any atom is 0.383 e. The van der Waals surface area contributed by atoms with Gasteiger partial charge in [-0.2, -0.15) is 0 Å². The van der Waals surface area contributed by atoms with E-state index in [0.29, 0.717) is 5.75 Å². The Morgan fingerprint density at radius 1 is 1.41 bits per heavy atom. The Hall–Kier alpha value is -2.96. The fraction of sp³-hybridized carbons (Fsp3) is 0.200. The Kier molecular flexibility index (Phi) is 4.67. The van der Waals surface area contributed by atoms with Crippen LogP contribution in [0.25, 0.3) is 11.0 Å². The summed E-state index contributed by atoms with van der Waals surface area (Å²) >= 11 is 0. The van der Waals surface area contributed by atoms with Crippen LogP contribution in [-0.2, 0) is 4.79 Å². The lowest BCUT2D eigenvalue weighted by atomic mass is 10.2. The maximum absolute atomic E-state index is 11.8. The molecular weight excluding hydrogens is 292 g/mol. The van der Waals surface area contributed by atoms with Crippen molar-refractivity contribution in [3.63, 3.8) is 0 Å². The van der Waals surface area contributed by atoms with E-state index in [1.165, 1.54) is 24.5 Å². The Bertz CT molecular complexity index is 773. The van der Waals surface area contributed by atoms with Gasteiger partial charge in [0, 0.05) is 6.07 Å². The molecule has 0 unspecified atom stereocenters. The van der Waals surface area contributed by atoms with Gasteiger partial charge in [-0.1, -0.05) is 6.08 Å². The van der Waals surface area contributed by atoms with Crippen LogP contribution < -0.4 is 15.1 Å². The topological polar surface area (TPSA) is 106 Å². The van der Waals surface area contributed by atoms with Gasteiger partial charge in [-0.25, -0.2) is 4.79 Å². The molecule has 0 bridgehead atoms. The predicted molar refractivity (Wildman–Crippen MR) is 77.3 cm³/mol. The molecular formula is C15H14O7. The van der Waals surface area contributed by atoms with Crippen molar-refractivity contribution in [1.82, 2.24) is 0 Å². The lowest BCUT2D eigenvalue weighted by molar-refractivity contribution is -0.137. The SMILES string of the molecule is C/C=C\Oc1c(O)c2ccc(OCCC(=O)O)cc2oc1=O. The Balaban J connectivity index is 2.34. The first-order valence-electron chi connectivity index (χ1n) is 6.45. The number of hydrogen-bond donors (Lipinski definition) is 2. The van der Waals surface area contributed by atoms with E-state index in [1.807, 2.05) is 0 Å². The molecule has 0 saturated carbocycles. The lowest BCUT2D eigenvalue weighted by Crippen LogP contribution is -2.05. The fourth-order valence-corrected chi connectivity index (χ4v) is 1.73. The van der Waals surface area contributed by atoms with Crippen molar-refractivity contribution in [3.05, 3.63) is 41.0 Å². The highest BCUT2D eigenvalue weighted by atomic mass is 16.5. The van der Waals surface area contributed by atoms with Crippen LogP contribution >= 0.6 is 0 Å². The molecule has 7 heteroatoms. The molecule has 2 aromatic rings. The third-order valence-corrected chi connectivity index (χ3v) is 2.72. The quantitative estimate of drug-likeness (QED) is 0.622. The lowest BCUT2D eigenvalue weighted by Gasteiger charge is -2.08. The highest BCUT2D eigenvalue weighted by Crippen LogP contribution is 2.33. The molecule has 2 rings (SSSR count).